The molecule has 0 unspecified atom stereocenters. The molecule has 4 heteroatoms. The third-order valence-electron chi connectivity index (χ3n) is 1.77. The lowest BCUT2D eigenvalue weighted by molar-refractivity contribution is -0.121. The fourth-order valence-electron chi connectivity index (χ4n) is 1.04. The first-order valence-corrected chi connectivity index (χ1v) is 5.53. The van der Waals surface area contributed by atoms with Crippen molar-refractivity contribution in [2.75, 3.05) is 6.54 Å². The second-order valence-electron chi connectivity index (χ2n) is 3.23. The lowest BCUT2D eigenvalue weighted by Crippen LogP contribution is -2.30. The third-order valence-corrected chi connectivity index (χ3v) is 2.71. The third kappa shape index (κ3) is 4.39. The second-order valence-corrected chi connectivity index (χ2v) is 4.26. The van der Waals surface area contributed by atoms with E-state index in [0.717, 1.165) is 6.42 Å². The van der Waals surface area contributed by atoms with Gasteiger partial charge in [-0.25, -0.2) is 0 Å². The Hall–Kier alpha value is -0.870. The minimum atomic E-state index is -0.472. The fourth-order valence-corrected chi connectivity index (χ4v) is 1.75. The molecule has 14 heavy (non-hydrogen) atoms. The monoisotopic (exact) mass is 213 g/mol. The van der Waals surface area contributed by atoms with Gasteiger partial charge in [0.15, 0.2) is 0 Å². The highest BCUT2D eigenvalue weighted by Crippen LogP contribution is 2.10. The highest BCUT2D eigenvalue weighted by atomic mass is 32.1. The van der Waals surface area contributed by atoms with Gasteiger partial charge in [0.2, 0.25) is 5.91 Å². The molecule has 1 aromatic heterocycles. The molecule has 0 saturated heterocycles. The highest BCUT2D eigenvalue weighted by molar-refractivity contribution is 7.09. The van der Waals surface area contributed by atoms with Crippen LogP contribution in [-0.4, -0.2) is 23.7 Å². The van der Waals surface area contributed by atoms with Gasteiger partial charge >= 0.3 is 0 Å². The van der Waals surface area contributed by atoms with E-state index in [2.05, 4.69) is 5.32 Å². The summed E-state index contributed by atoms with van der Waals surface area (Å²) in [5.41, 5.74) is 0. The largest absolute Gasteiger partial charge is 0.392 e. The molecule has 1 amide bonds. The Morgan fingerprint density at radius 1 is 1.71 bits per heavy atom. The van der Waals surface area contributed by atoms with Gasteiger partial charge in [0, 0.05) is 17.8 Å². The Kier molecular flexibility index (Phi) is 4.62. The minimum absolute atomic E-state index is 0.000648. The molecular weight excluding hydrogens is 198 g/mol. The zero-order valence-electron chi connectivity index (χ0n) is 8.19. The topological polar surface area (TPSA) is 49.3 Å². The number of thiophene rings is 1. The molecule has 3 nitrogen and oxygen atoms in total. The molecule has 0 aromatic carbocycles. The van der Waals surface area contributed by atoms with Crippen molar-refractivity contribution in [3.63, 3.8) is 0 Å². The van der Waals surface area contributed by atoms with Gasteiger partial charge in [-0.05, 0) is 24.8 Å². The molecule has 1 atom stereocenters. The van der Waals surface area contributed by atoms with E-state index in [1.165, 1.54) is 4.88 Å². The van der Waals surface area contributed by atoms with Gasteiger partial charge in [0.05, 0.1) is 6.10 Å². The number of nitrogens with one attached hydrogen (secondary N) is 1. The maximum Gasteiger partial charge on any atom is 0.220 e. The van der Waals surface area contributed by atoms with Crippen molar-refractivity contribution in [3.8, 4) is 0 Å². The Morgan fingerprint density at radius 2 is 2.50 bits per heavy atom. The molecule has 0 spiro atoms. The summed E-state index contributed by atoms with van der Waals surface area (Å²) in [4.78, 5) is 12.4. The van der Waals surface area contributed by atoms with Gasteiger partial charge in [0.25, 0.3) is 0 Å². The van der Waals surface area contributed by atoms with Crippen LogP contribution >= 0.6 is 11.3 Å². The summed E-state index contributed by atoms with van der Waals surface area (Å²) in [6, 6.07) is 4.00. The Morgan fingerprint density at radius 3 is 3.07 bits per heavy atom. The molecule has 0 aliphatic carbocycles. The summed E-state index contributed by atoms with van der Waals surface area (Å²) < 4.78 is 0. The van der Waals surface area contributed by atoms with Crippen LogP contribution in [0.3, 0.4) is 0 Å². The van der Waals surface area contributed by atoms with Gasteiger partial charge in [-0.3, -0.25) is 4.79 Å². The van der Waals surface area contributed by atoms with Crippen LogP contribution in [0.4, 0.5) is 0 Å². The van der Waals surface area contributed by atoms with Crippen LogP contribution in [0, 0.1) is 0 Å². The highest BCUT2D eigenvalue weighted by Gasteiger charge is 2.03. The summed E-state index contributed by atoms with van der Waals surface area (Å²) in [6.45, 7) is 1.99. The standard InChI is InChI=1S/C10H15NO2S/c1-8(12)7-11-10(13)5-4-9-3-2-6-14-9/h2-3,6,8,12H,4-5,7H2,1H3,(H,11,13)/t8-/m0/s1. The zero-order valence-corrected chi connectivity index (χ0v) is 9.01. The van der Waals surface area contributed by atoms with E-state index in [0.29, 0.717) is 13.0 Å². The molecule has 0 fully saturated rings. The number of hydrogen-bond acceptors (Lipinski definition) is 3. The number of aliphatic hydroxyl groups excluding tert-OH is 1. The Balaban J connectivity index is 2.15. The van der Waals surface area contributed by atoms with E-state index in [4.69, 9.17) is 5.11 Å². The average molecular weight is 213 g/mol. The van der Waals surface area contributed by atoms with E-state index < -0.39 is 6.10 Å². The number of carbonyl (C=O) groups is 1. The van der Waals surface area contributed by atoms with Gasteiger partial charge in [0.1, 0.15) is 0 Å². The first-order valence-electron chi connectivity index (χ1n) is 4.65. The quantitative estimate of drug-likeness (QED) is 0.771. The SMILES string of the molecule is C[C@H](O)CNC(=O)CCc1cccs1. The van der Waals surface area contributed by atoms with Crippen molar-refractivity contribution >= 4 is 17.2 Å². The van der Waals surface area contributed by atoms with E-state index in [-0.39, 0.29) is 5.91 Å². The van der Waals surface area contributed by atoms with E-state index in [9.17, 15) is 4.79 Å². The number of hydrogen-bond donors (Lipinski definition) is 2. The fraction of sp³-hybridized carbons (Fsp3) is 0.500. The molecule has 0 radical (unpaired) electrons. The van der Waals surface area contributed by atoms with Crippen LogP contribution in [0.25, 0.3) is 0 Å². The Labute approximate surface area is 87.8 Å². The smallest absolute Gasteiger partial charge is 0.220 e. The summed E-state index contributed by atoms with van der Waals surface area (Å²) in [7, 11) is 0. The van der Waals surface area contributed by atoms with Crippen molar-refractivity contribution in [2.24, 2.45) is 0 Å². The van der Waals surface area contributed by atoms with Crippen molar-refractivity contribution in [1.29, 1.82) is 0 Å². The van der Waals surface area contributed by atoms with Crippen LogP contribution < -0.4 is 5.32 Å². The molecule has 2 N–H and O–H groups in total. The van der Waals surface area contributed by atoms with Crippen LogP contribution in [0.5, 0.6) is 0 Å². The average Bonchev–Trinajstić information content (AvgIpc) is 2.63. The first kappa shape index (κ1) is 11.2. The van der Waals surface area contributed by atoms with Crippen LogP contribution in [-0.2, 0) is 11.2 Å². The van der Waals surface area contributed by atoms with Gasteiger partial charge in [-0.2, -0.15) is 0 Å². The molecule has 1 heterocycles. The van der Waals surface area contributed by atoms with E-state index in [1.54, 1.807) is 18.3 Å². The summed E-state index contributed by atoms with van der Waals surface area (Å²) in [5.74, 6) is -0.000648. The molecule has 1 rings (SSSR count). The molecule has 1 aromatic rings. The van der Waals surface area contributed by atoms with Crippen LogP contribution in [0.1, 0.15) is 18.2 Å². The number of rotatable bonds is 5. The maximum atomic E-state index is 11.2. The number of aryl methyl sites for hydroxylation is 1. The lowest BCUT2D eigenvalue weighted by Gasteiger charge is -2.06. The van der Waals surface area contributed by atoms with Gasteiger partial charge < -0.3 is 10.4 Å². The molecule has 0 aliphatic heterocycles. The molecule has 0 bridgehead atoms. The predicted molar refractivity (Wildman–Crippen MR) is 57.3 cm³/mol. The molecular formula is C10H15NO2S. The van der Waals surface area contributed by atoms with Gasteiger partial charge in [-0.15, -0.1) is 11.3 Å². The predicted octanol–water partition coefficient (Wildman–Crippen LogP) is 1.18. The molecule has 0 saturated carbocycles. The summed E-state index contributed by atoms with van der Waals surface area (Å²) >= 11 is 1.66. The second kappa shape index (κ2) is 5.78. The van der Waals surface area contributed by atoms with Crippen molar-refractivity contribution in [1.82, 2.24) is 5.32 Å². The summed E-state index contributed by atoms with van der Waals surface area (Å²) in [5, 5.41) is 13.6. The van der Waals surface area contributed by atoms with Gasteiger partial charge in [-0.1, -0.05) is 6.07 Å². The number of amides is 1. The van der Waals surface area contributed by atoms with E-state index >= 15 is 0 Å². The van der Waals surface area contributed by atoms with E-state index in [1.807, 2.05) is 17.5 Å². The normalized spacial score (nSPS) is 12.4. The maximum absolute atomic E-state index is 11.2. The lowest BCUT2D eigenvalue weighted by atomic mass is 10.2. The minimum Gasteiger partial charge on any atom is -0.392 e. The Bertz CT molecular complexity index is 270. The van der Waals surface area contributed by atoms with Crippen LogP contribution in [0.2, 0.25) is 0 Å². The molecule has 78 valence electrons. The first-order chi connectivity index (χ1) is 6.68. The van der Waals surface area contributed by atoms with Crippen molar-refractivity contribution in [2.45, 2.75) is 25.9 Å². The molecule has 0 aliphatic rings. The van der Waals surface area contributed by atoms with Crippen LogP contribution in [0.15, 0.2) is 17.5 Å². The summed E-state index contributed by atoms with van der Waals surface area (Å²) in [6.07, 6.45) is 0.803. The van der Waals surface area contributed by atoms with Crippen molar-refractivity contribution < 1.29 is 9.90 Å². The number of carbonyl (C=O) groups excluding carboxylic acids is 1. The zero-order chi connectivity index (χ0) is 10.4. The number of aliphatic hydroxyl groups is 1. The van der Waals surface area contributed by atoms with Crippen molar-refractivity contribution in [3.05, 3.63) is 22.4 Å².